The molecule has 6 nitrogen and oxygen atoms in total. The molecule has 1 aromatic rings. The molecule has 0 fully saturated rings. The van der Waals surface area contributed by atoms with E-state index in [0.29, 0.717) is 12.5 Å². The monoisotopic (exact) mass is 252 g/mol. The summed E-state index contributed by atoms with van der Waals surface area (Å²) in [5.74, 6) is -1.29. The molecule has 0 spiro atoms. The van der Waals surface area contributed by atoms with Crippen LogP contribution in [0.25, 0.3) is 0 Å². The van der Waals surface area contributed by atoms with E-state index in [0.717, 1.165) is 4.57 Å². The molecule has 0 aliphatic carbocycles. The molecular weight excluding hydrogens is 236 g/mol. The molecule has 1 heterocycles. The van der Waals surface area contributed by atoms with E-state index in [1.807, 2.05) is 13.8 Å². The molecule has 0 aromatic carbocycles. The molecule has 2 N–H and O–H groups in total. The molecule has 0 saturated heterocycles. The van der Waals surface area contributed by atoms with Crippen molar-refractivity contribution < 1.29 is 14.7 Å². The van der Waals surface area contributed by atoms with Crippen LogP contribution >= 0.6 is 0 Å². The lowest BCUT2D eigenvalue weighted by atomic mass is 10.2. The molecule has 0 bridgehead atoms. The van der Waals surface area contributed by atoms with Crippen molar-refractivity contribution in [3.63, 3.8) is 0 Å². The normalized spacial score (nSPS) is 10.4. The Kier molecular flexibility index (Phi) is 4.65. The van der Waals surface area contributed by atoms with Gasteiger partial charge >= 0.3 is 5.97 Å². The molecule has 0 unspecified atom stereocenters. The highest BCUT2D eigenvalue weighted by Gasteiger charge is 2.12. The summed E-state index contributed by atoms with van der Waals surface area (Å²) in [5.41, 5.74) is -1.01. The fraction of sp³-hybridized carbons (Fsp3) is 0.417. The van der Waals surface area contributed by atoms with Crippen molar-refractivity contribution in [2.24, 2.45) is 5.92 Å². The smallest absolute Gasteiger partial charge is 0.341 e. The largest absolute Gasteiger partial charge is 0.477 e. The summed E-state index contributed by atoms with van der Waals surface area (Å²) >= 11 is 0. The van der Waals surface area contributed by atoms with E-state index < -0.39 is 11.5 Å². The van der Waals surface area contributed by atoms with Crippen molar-refractivity contribution >= 4 is 11.9 Å². The molecule has 0 radical (unpaired) electrons. The van der Waals surface area contributed by atoms with Crippen LogP contribution in [-0.2, 0) is 11.3 Å². The fourth-order valence-corrected chi connectivity index (χ4v) is 1.35. The van der Waals surface area contributed by atoms with E-state index in [2.05, 4.69) is 5.32 Å². The predicted octanol–water partition coefficient (Wildman–Crippen LogP) is 0.319. The fourth-order valence-electron chi connectivity index (χ4n) is 1.35. The number of nitrogens with one attached hydrogen (secondary N) is 1. The molecule has 0 aliphatic rings. The van der Waals surface area contributed by atoms with Gasteiger partial charge in [-0.05, 0) is 18.1 Å². The van der Waals surface area contributed by atoms with Crippen LogP contribution in [-0.4, -0.2) is 28.1 Å². The number of carboxylic acids is 1. The van der Waals surface area contributed by atoms with Gasteiger partial charge in [-0.2, -0.15) is 0 Å². The van der Waals surface area contributed by atoms with Crippen LogP contribution in [0.4, 0.5) is 0 Å². The second kappa shape index (κ2) is 6.00. The Hall–Kier alpha value is -2.11. The predicted molar refractivity (Wildman–Crippen MR) is 65.5 cm³/mol. The standard InChI is InChI=1S/C12H16N2O4/c1-8(2)6-13-10(15)7-14-5-3-4-9(11(14)16)12(17)18/h3-5,8H,6-7H2,1-2H3,(H,13,15)(H,17,18). The van der Waals surface area contributed by atoms with Gasteiger partial charge in [0.1, 0.15) is 12.1 Å². The number of hydrogen-bond acceptors (Lipinski definition) is 3. The third-order valence-electron chi connectivity index (χ3n) is 2.27. The topological polar surface area (TPSA) is 88.4 Å². The van der Waals surface area contributed by atoms with E-state index in [-0.39, 0.29) is 18.0 Å². The van der Waals surface area contributed by atoms with Gasteiger partial charge in [0, 0.05) is 12.7 Å². The van der Waals surface area contributed by atoms with E-state index in [1.54, 1.807) is 0 Å². The van der Waals surface area contributed by atoms with Crippen molar-refractivity contribution in [1.29, 1.82) is 0 Å². The highest BCUT2D eigenvalue weighted by atomic mass is 16.4. The van der Waals surface area contributed by atoms with Crippen molar-refractivity contribution in [2.75, 3.05) is 6.54 Å². The highest BCUT2D eigenvalue weighted by Crippen LogP contribution is 1.93. The summed E-state index contributed by atoms with van der Waals surface area (Å²) in [6, 6.07) is 2.65. The van der Waals surface area contributed by atoms with E-state index in [9.17, 15) is 14.4 Å². The van der Waals surface area contributed by atoms with Crippen LogP contribution in [0.1, 0.15) is 24.2 Å². The minimum Gasteiger partial charge on any atom is -0.477 e. The first kappa shape index (κ1) is 14.0. The van der Waals surface area contributed by atoms with Crippen molar-refractivity contribution in [2.45, 2.75) is 20.4 Å². The zero-order chi connectivity index (χ0) is 13.7. The van der Waals surface area contributed by atoms with Crippen LogP contribution in [0.2, 0.25) is 0 Å². The number of carboxylic acid groups (broad SMARTS) is 1. The van der Waals surface area contributed by atoms with Crippen LogP contribution in [0.3, 0.4) is 0 Å². The Morgan fingerprint density at radius 2 is 2.11 bits per heavy atom. The first-order valence-electron chi connectivity index (χ1n) is 5.61. The molecule has 0 saturated carbocycles. The minimum absolute atomic E-state index is 0.174. The zero-order valence-electron chi connectivity index (χ0n) is 10.3. The number of rotatable bonds is 5. The van der Waals surface area contributed by atoms with Gasteiger partial charge in [-0.25, -0.2) is 4.79 Å². The molecule has 0 atom stereocenters. The Balaban J connectivity index is 2.80. The number of hydrogen-bond donors (Lipinski definition) is 2. The number of amides is 1. The lowest BCUT2D eigenvalue weighted by Crippen LogP contribution is -2.35. The second-order valence-electron chi connectivity index (χ2n) is 4.36. The van der Waals surface area contributed by atoms with Gasteiger partial charge in [0.2, 0.25) is 5.91 Å². The summed E-state index contributed by atoms with van der Waals surface area (Å²) < 4.78 is 1.08. The Labute approximate surface area is 104 Å². The lowest BCUT2D eigenvalue weighted by Gasteiger charge is -2.09. The van der Waals surface area contributed by atoms with Crippen molar-refractivity contribution in [3.8, 4) is 0 Å². The average Bonchev–Trinajstić information content (AvgIpc) is 2.29. The summed E-state index contributed by atoms with van der Waals surface area (Å²) in [6.45, 7) is 4.26. The highest BCUT2D eigenvalue weighted by molar-refractivity contribution is 5.87. The summed E-state index contributed by atoms with van der Waals surface area (Å²) in [4.78, 5) is 34.0. The number of aromatic nitrogens is 1. The van der Waals surface area contributed by atoms with Gasteiger partial charge in [0.05, 0.1) is 0 Å². The second-order valence-corrected chi connectivity index (χ2v) is 4.36. The Morgan fingerprint density at radius 1 is 1.44 bits per heavy atom. The summed E-state index contributed by atoms with van der Waals surface area (Å²) in [7, 11) is 0. The molecular formula is C12H16N2O4. The SMILES string of the molecule is CC(C)CNC(=O)Cn1cccc(C(=O)O)c1=O. The van der Waals surface area contributed by atoms with Crippen LogP contribution in [0.5, 0.6) is 0 Å². The molecule has 1 rings (SSSR count). The maximum atomic E-state index is 11.7. The number of aromatic carboxylic acids is 1. The maximum absolute atomic E-state index is 11.7. The van der Waals surface area contributed by atoms with Crippen molar-refractivity contribution in [3.05, 3.63) is 34.2 Å². The van der Waals surface area contributed by atoms with Gasteiger partial charge in [0.15, 0.2) is 0 Å². The van der Waals surface area contributed by atoms with Gasteiger partial charge in [-0.3, -0.25) is 9.59 Å². The molecule has 0 aliphatic heterocycles. The maximum Gasteiger partial charge on any atom is 0.341 e. The molecule has 1 amide bonds. The first-order chi connectivity index (χ1) is 8.41. The quantitative estimate of drug-likeness (QED) is 0.789. The number of carbonyl (C=O) groups is 2. The van der Waals surface area contributed by atoms with Crippen LogP contribution in [0.15, 0.2) is 23.1 Å². The number of pyridine rings is 1. The van der Waals surface area contributed by atoms with E-state index in [1.165, 1.54) is 18.3 Å². The van der Waals surface area contributed by atoms with Crippen LogP contribution < -0.4 is 10.9 Å². The third kappa shape index (κ3) is 3.73. The molecule has 18 heavy (non-hydrogen) atoms. The van der Waals surface area contributed by atoms with E-state index in [4.69, 9.17) is 5.11 Å². The van der Waals surface area contributed by atoms with Crippen molar-refractivity contribution in [1.82, 2.24) is 9.88 Å². The first-order valence-corrected chi connectivity index (χ1v) is 5.61. The molecule has 98 valence electrons. The van der Waals surface area contributed by atoms with E-state index >= 15 is 0 Å². The van der Waals surface area contributed by atoms with Gasteiger partial charge in [-0.1, -0.05) is 13.8 Å². The Bertz CT molecular complexity index is 505. The average molecular weight is 252 g/mol. The van der Waals surface area contributed by atoms with Gasteiger partial charge in [-0.15, -0.1) is 0 Å². The zero-order valence-corrected chi connectivity index (χ0v) is 10.3. The molecule has 6 heteroatoms. The summed E-state index contributed by atoms with van der Waals surface area (Å²) in [5, 5.41) is 11.4. The summed E-state index contributed by atoms with van der Waals surface area (Å²) in [6.07, 6.45) is 1.39. The molecule has 1 aromatic heterocycles. The number of nitrogens with zero attached hydrogens (tertiary/aromatic N) is 1. The van der Waals surface area contributed by atoms with Gasteiger partial charge in [0.25, 0.3) is 5.56 Å². The lowest BCUT2D eigenvalue weighted by molar-refractivity contribution is -0.121. The number of carbonyl (C=O) groups excluding carboxylic acids is 1. The van der Waals surface area contributed by atoms with Crippen LogP contribution in [0, 0.1) is 5.92 Å². The third-order valence-corrected chi connectivity index (χ3v) is 2.27. The Morgan fingerprint density at radius 3 is 2.67 bits per heavy atom. The van der Waals surface area contributed by atoms with Gasteiger partial charge < -0.3 is 15.0 Å². The minimum atomic E-state index is -1.29.